The highest BCUT2D eigenvalue weighted by molar-refractivity contribution is 6.01. The molecule has 5 aliphatic rings. The van der Waals surface area contributed by atoms with E-state index in [-0.39, 0.29) is 69.7 Å². The number of benzene rings is 2. The number of fused-ring (bicyclic) bond motifs is 3. The maximum Gasteiger partial charge on any atom is 0.422 e. The third-order valence-electron chi connectivity index (χ3n) is 21.6. The van der Waals surface area contributed by atoms with Crippen molar-refractivity contribution in [3.05, 3.63) is 82.2 Å². The SMILES string of the molecule is CCO[C@@H]1C[C@H]2C(=O)NC3(CCCC3)C(=O)N(C)[C@@H](C3CCC3)C(=O)N(C)[C@H](C(=O)N(C)C)CC(=O)N(C)[C@@H](CC(C)C)C(=O)N[C@@H]([C@@H](C)CC)C(=O)N(C)CC(=O)N(C)[C@H]3C/C(F)=C\CCN(C3=O)[C@@H](Cc3ccc(C)cc3)C(=O)N(C)CC(=O)N[C@@H](CCc3cc(F)c(C(F)(F)F)c(F)c3)C(=O)N2C1. The van der Waals surface area contributed by atoms with Gasteiger partial charge in [-0.3, -0.25) is 57.5 Å². The van der Waals surface area contributed by atoms with Crippen LogP contribution >= 0.6 is 0 Å². The zero-order valence-electron chi connectivity index (χ0n) is 63.4. The molecule has 31 heteroatoms. The zero-order chi connectivity index (χ0) is 78.7. The van der Waals surface area contributed by atoms with E-state index in [9.17, 15) is 41.9 Å². The van der Waals surface area contributed by atoms with Gasteiger partial charge in [-0.1, -0.05) is 89.3 Å². The number of hydrogen-bond acceptors (Lipinski definition) is 13. The molecule has 2 aromatic rings. The lowest BCUT2D eigenvalue weighted by Crippen LogP contribution is -2.65. The first kappa shape index (κ1) is 84.6. The highest BCUT2D eigenvalue weighted by Crippen LogP contribution is 2.39. The Hall–Kier alpha value is -8.64. The van der Waals surface area contributed by atoms with Gasteiger partial charge in [-0.15, -0.1) is 0 Å². The van der Waals surface area contributed by atoms with Crippen molar-refractivity contribution >= 4 is 70.9 Å². The van der Waals surface area contributed by atoms with Gasteiger partial charge in [0.25, 0.3) is 0 Å². The number of carbonyl (C=O) groups is 12. The van der Waals surface area contributed by atoms with E-state index in [1.165, 1.54) is 77.2 Å². The molecule has 0 unspecified atom stereocenters. The number of nitrogens with one attached hydrogen (secondary N) is 3. The second-order valence-corrected chi connectivity index (χ2v) is 30.0. The molecule has 2 bridgehead atoms. The third kappa shape index (κ3) is 20.1. The number of rotatable bonds is 13. The topological polar surface area (TPSA) is 279 Å². The average molecular weight is 1500 g/mol. The Kier molecular flexibility index (Phi) is 29.0. The molecule has 25 nitrogen and oxygen atoms in total. The summed E-state index contributed by atoms with van der Waals surface area (Å²) >= 11 is 0. The summed E-state index contributed by atoms with van der Waals surface area (Å²) in [5.41, 5.74) is -2.86. The van der Waals surface area contributed by atoms with Crippen molar-refractivity contribution in [1.29, 1.82) is 0 Å². The molecule has 1 spiro atoms. The molecule has 0 aromatic heterocycles. The second kappa shape index (κ2) is 36.3. The molecular weight excluding hydrogens is 1390 g/mol. The first-order chi connectivity index (χ1) is 49.7. The van der Waals surface area contributed by atoms with Gasteiger partial charge in [0.2, 0.25) is 70.9 Å². The Morgan fingerprint density at radius 1 is 0.689 bits per heavy atom. The molecule has 12 amide bonds. The van der Waals surface area contributed by atoms with Gasteiger partial charge < -0.3 is 64.8 Å². The largest absolute Gasteiger partial charge is 0.422 e. The van der Waals surface area contributed by atoms with Crippen molar-refractivity contribution in [3.63, 3.8) is 0 Å². The first-order valence-electron chi connectivity index (χ1n) is 36.6. The summed E-state index contributed by atoms with van der Waals surface area (Å²) < 4.78 is 93.9. The van der Waals surface area contributed by atoms with Crippen LogP contribution in [0.4, 0.5) is 26.3 Å². The molecular formula is C75H106F6N12O13. The van der Waals surface area contributed by atoms with Crippen molar-refractivity contribution < 1.29 is 88.6 Å². The zero-order valence-corrected chi connectivity index (χ0v) is 63.4. The molecule has 4 fully saturated rings. The maximum absolute atomic E-state index is 16.0. The van der Waals surface area contributed by atoms with Crippen LogP contribution in [0.3, 0.4) is 0 Å². The van der Waals surface area contributed by atoms with E-state index in [0.717, 1.165) is 35.0 Å². The minimum atomic E-state index is -5.43. The lowest BCUT2D eigenvalue weighted by molar-refractivity contribution is -0.157. The molecule has 2 aliphatic carbocycles. The Morgan fingerprint density at radius 3 is 1.88 bits per heavy atom. The fourth-order valence-corrected chi connectivity index (χ4v) is 14.9. The summed E-state index contributed by atoms with van der Waals surface area (Å²) in [6, 6.07) is -3.92. The van der Waals surface area contributed by atoms with Crippen LogP contribution in [0.15, 0.2) is 48.3 Å². The third-order valence-corrected chi connectivity index (χ3v) is 21.6. The van der Waals surface area contributed by atoms with E-state index in [0.29, 0.717) is 56.2 Å². The predicted molar refractivity (Wildman–Crippen MR) is 378 cm³/mol. The highest BCUT2D eigenvalue weighted by atomic mass is 19.4. The van der Waals surface area contributed by atoms with Crippen molar-refractivity contribution in [3.8, 4) is 0 Å². The first-order valence-corrected chi connectivity index (χ1v) is 36.6. The molecule has 2 saturated carbocycles. The van der Waals surface area contributed by atoms with E-state index >= 15 is 41.9 Å². The monoisotopic (exact) mass is 1500 g/mol. The number of aryl methyl sites for hydroxylation is 2. The fourth-order valence-electron chi connectivity index (χ4n) is 14.9. The summed E-state index contributed by atoms with van der Waals surface area (Å²) in [7, 11) is 10.7. The molecule has 0 radical (unpaired) electrons. The number of alkyl halides is 3. The number of likely N-dealkylation sites (N-methyl/N-ethyl adjacent to an activating group) is 7. The van der Waals surface area contributed by atoms with Gasteiger partial charge in [0.1, 0.15) is 71.1 Å². The second-order valence-electron chi connectivity index (χ2n) is 30.0. The van der Waals surface area contributed by atoms with Gasteiger partial charge in [0.05, 0.1) is 31.4 Å². The van der Waals surface area contributed by atoms with E-state index in [2.05, 4.69) is 16.0 Å². The minimum Gasteiger partial charge on any atom is -0.377 e. The lowest BCUT2D eigenvalue weighted by atomic mass is 9.77. The Balaban J connectivity index is 1.35. The molecule has 3 heterocycles. The molecule has 106 heavy (non-hydrogen) atoms. The van der Waals surface area contributed by atoms with Crippen LogP contribution in [0.1, 0.15) is 147 Å². The number of nitrogens with zero attached hydrogens (tertiary/aromatic N) is 9. The standard InChI is InChI=1S/C75H106F6N12O13/c1-15-45(6)63-71(103)87(10)42-61(96)89(12)56-37-49(76)23-20-32-92(70(56)102)58(36-46-26-24-44(5)25-27-46)69(101)86(9)41-59(94)82-53(29-28-47-34-51(77)62(52(78)35-47)75(79,80)81)67(99)93-40-50(106-16-2)38-55(93)66(98)84-74(30-17-18-31-74)73(105)91(14)64(48-21-19-22-48)72(104)90(13)57(68(100)85(7)8)39-60(95)88(11)54(33-43(3)4)65(97)83-63/h23-27,34-35,43,45,48,50,53-58,63-64H,15-22,28-33,36-42H2,1-14H3,(H,82,94)(H,83,97)(H,84,98)/b49-23+/t45-,50+,53-,54-,55-,56-,57-,58-,63-,64-/m0/s1. The van der Waals surface area contributed by atoms with Gasteiger partial charge in [-0.05, 0) is 106 Å². The number of hydrogen-bond donors (Lipinski definition) is 3. The summed E-state index contributed by atoms with van der Waals surface area (Å²) in [6.45, 7) is 8.48. The molecule has 3 aliphatic heterocycles. The van der Waals surface area contributed by atoms with E-state index in [1.807, 2.05) is 20.8 Å². The quantitative estimate of drug-likeness (QED) is 0.214. The number of carbonyl (C=O) groups excluding carboxylic acids is 12. The Morgan fingerprint density at radius 2 is 1.31 bits per heavy atom. The maximum atomic E-state index is 16.0. The van der Waals surface area contributed by atoms with Crippen LogP contribution in [0.25, 0.3) is 0 Å². The van der Waals surface area contributed by atoms with Gasteiger partial charge in [-0.25, -0.2) is 13.2 Å². The Labute approximate surface area is 616 Å². The molecule has 2 aromatic carbocycles. The van der Waals surface area contributed by atoms with E-state index < -0.39 is 211 Å². The van der Waals surface area contributed by atoms with Crippen LogP contribution in [0.5, 0.6) is 0 Å². The van der Waals surface area contributed by atoms with Crippen LogP contribution in [0.2, 0.25) is 0 Å². The summed E-state index contributed by atoms with van der Waals surface area (Å²) in [5.74, 6) is -15.8. The fraction of sp³-hybridized carbons (Fsp3) is 0.653. The summed E-state index contributed by atoms with van der Waals surface area (Å²) in [4.78, 5) is 191. The number of ether oxygens (including phenoxy) is 1. The van der Waals surface area contributed by atoms with Crippen LogP contribution in [0, 0.1) is 36.3 Å². The minimum absolute atomic E-state index is 0.0506. The molecule has 586 valence electrons. The van der Waals surface area contributed by atoms with E-state index in [1.54, 1.807) is 45.0 Å². The normalized spacial score (nSPS) is 26.5. The van der Waals surface area contributed by atoms with Crippen molar-refractivity contribution in [2.75, 3.05) is 89.2 Å². The van der Waals surface area contributed by atoms with Gasteiger partial charge in [-0.2, -0.15) is 13.2 Å². The molecule has 10 atom stereocenters. The number of amides is 12. The van der Waals surface area contributed by atoms with Crippen molar-refractivity contribution in [1.82, 2.24) is 60.0 Å². The Bertz CT molecular complexity index is 3580. The molecule has 2 saturated heterocycles. The van der Waals surface area contributed by atoms with Gasteiger partial charge >= 0.3 is 6.18 Å². The van der Waals surface area contributed by atoms with Crippen LogP contribution in [-0.2, 0) is 81.3 Å². The summed E-state index contributed by atoms with van der Waals surface area (Å²) in [6.07, 6.45) is -5.08. The predicted octanol–water partition coefficient (Wildman–Crippen LogP) is 5.33. The highest BCUT2D eigenvalue weighted by Gasteiger charge is 2.53. The molecule has 7 rings (SSSR count). The van der Waals surface area contributed by atoms with Gasteiger partial charge in [0.15, 0.2) is 0 Å². The smallest absolute Gasteiger partial charge is 0.377 e. The lowest BCUT2D eigenvalue weighted by Gasteiger charge is -2.44. The van der Waals surface area contributed by atoms with Crippen LogP contribution < -0.4 is 16.0 Å². The van der Waals surface area contributed by atoms with Crippen molar-refractivity contribution in [2.45, 2.75) is 210 Å². The summed E-state index contributed by atoms with van der Waals surface area (Å²) in [5, 5.41) is 8.40. The average Bonchev–Trinajstić information content (AvgIpc) is 1.43. The number of halogens is 6. The van der Waals surface area contributed by atoms with Crippen molar-refractivity contribution in [2.24, 2.45) is 17.8 Å². The van der Waals surface area contributed by atoms with Crippen LogP contribution in [-0.4, -0.2) is 264 Å². The van der Waals surface area contributed by atoms with E-state index in [4.69, 9.17) is 4.74 Å². The van der Waals surface area contributed by atoms with Gasteiger partial charge in [0, 0.05) is 95.3 Å². The molecule has 3 N–H and O–H groups in total.